The number of rotatable bonds is 6. The second-order valence-electron chi connectivity index (χ2n) is 4.59. The van der Waals surface area contributed by atoms with Crippen molar-refractivity contribution in [3.63, 3.8) is 0 Å². The summed E-state index contributed by atoms with van der Waals surface area (Å²) in [6.07, 6.45) is 2.47. The first-order chi connectivity index (χ1) is 9.28. The van der Waals surface area contributed by atoms with Gasteiger partial charge in [-0.15, -0.1) is 0 Å². The average molecular weight is 266 g/mol. The zero-order valence-corrected chi connectivity index (χ0v) is 11.8. The van der Waals surface area contributed by atoms with Crippen LogP contribution in [0, 0.1) is 0 Å². The molecule has 1 atom stereocenters. The lowest BCUT2D eigenvalue weighted by Gasteiger charge is -2.17. The van der Waals surface area contributed by atoms with Gasteiger partial charge in [-0.25, -0.2) is 0 Å². The second kappa shape index (κ2) is 6.52. The smallest absolute Gasteiger partial charge is 0.203 e. The molecule has 5 heteroatoms. The van der Waals surface area contributed by atoms with Crippen molar-refractivity contribution in [2.75, 3.05) is 39.7 Å². The Morgan fingerprint density at radius 2 is 1.84 bits per heavy atom. The molecular weight excluding hydrogens is 244 g/mol. The molecule has 1 fully saturated rings. The first-order valence-electron chi connectivity index (χ1n) is 6.55. The van der Waals surface area contributed by atoms with Crippen LogP contribution in [0.3, 0.4) is 0 Å². The van der Waals surface area contributed by atoms with Crippen LogP contribution in [0.5, 0.6) is 17.2 Å². The van der Waals surface area contributed by atoms with Gasteiger partial charge in [0.05, 0.1) is 21.3 Å². The third-order valence-electron chi connectivity index (χ3n) is 3.38. The summed E-state index contributed by atoms with van der Waals surface area (Å²) in [5.74, 6) is 1.96. The standard InChI is InChI=1S/C14H22N2O3/c1-17-12-7-11(8-13(18-2)14(12)19-3)16-9-10-5-4-6-15-10/h7-8,10,15-16H,4-6,9H2,1-3H3. The summed E-state index contributed by atoms with van der Waals surface area (Å²) in [5.41, 5.74) is 0.975. The van der Waals surface area contributed by atoms with E-state index in [-0.39, 0.29) is 0 Å². The van der Waals surface area contributed by atoms with Gasteiger partial charge >= 0.3 is 0 Å². The third kappa shape index (κ3) is 3.23. The van der Waals surface area contributed by atoms with Gasteiger partial charge in [0.15, 0.2) is 11.5 Å². The van der Waals surface area contributed by atoms with Crippen LogP contribution in [0.4, 0.5) is 5.69 Å². The van der Waals surface area contributed by atoms with Crippen molar-refractivity contribution in [2.45, 2.75) is 18.9 Å². The minimum atomic E-state index is 0.541. The summed E-state index contributed by atoms with van der Waals surface area (Å²) < 4.78 is 16.0. The number of nitrogens with one attached hydrogen (secondary N) is 2. The van der Waals surface area contributed by atoms with Crippen LogP contribution in [0.25, 0.3) is 0 Å². The molecule has 1 aliphatic heterocycles. The third-order valence-corrected chi connectivity index (χ3v) is 3.38. The molecule has 0 spiro atoms. The van der Waals surface area contributed by atoms with E-state index >= 15 is 0 Å². The molecule has 1 unspecified atom stereocenters. The van der Waals surface area contributed by atoms with Gasteiger partial charge < -0.3 is 24.8 Å². The molecule has 19 heavy (non-hydrogen) atoms. The van der Waals surface area contributed by atoms with E-state index in [9.17, 15) is 0 Å². The van der Waals surface area contributed by atoms with Crippen LogP contribution in [-0.2, 0) is 0 Å². The normalized spacial score (nSPS) is 18.2. The first-order valence-corrected chi connectivity index (χ1v) is 6.55. The molecule has 1 saturated heterocycles. The van der Waals surface area contributed by atoms with Crippen LogP contribution in [0.1, 0.15) is 12.8 Å². The zero-order chi connectivity index (χ0) is 13.7. The molecule has 1 aliphatic rings. The van der Waals surface area contributed by atoms with Gasteiger partial charge in [0.25, 0.3) is 0 Å². The summed E-state index contributed by atoms with van der Waals surface area (Å²) in [6, 6.07) is 4.39. The number of hydrogen-bond donors (Lipinski definition) is 2. The van der Waals surface area contributed by atoms with E-state index < -0.39 is 0 Å². The number of anilines is 1. The van der Waals surface area contributed by atoms with Gasteiger partial charge in [0, 0.05) is 30.4 Å². The number of hydrogen-bond acceptors (Lipinski definition) is 5. The Labute approximate surface area is 114 Å². The summed E-state index contributed by atoms with van der Waals surface area (Å²) in [4.78, 5) is 0. The summed E-state index contributed by atoms with van der Waals surface area (Å²) in [7, 11) is 4.86. The average Bonchev–Trinajstić information content (AvgIpc) is 2.97. The lowest BCUT2D eigenvalue weighted by atomic mass is 10.2. The SMILES string of the molecule is COc1cc(NCC2CCCN2)cc(OC)c1OC. The minimum absolute atomic E-state index is 0.541. The maximum absolute atomic E-state index is 5.33. The lowest BCUT2D eigenvalue weighted by Crippen LogP contribution is -2.29. The molecule has 0 amide bonds. The molecule has 0 radical (unpaired) electrons. The molecule has 5 nitrogen and oxygen atoms in total. The van der Waals surface area contributed by atoms with E-state index in [1.165, 1.54) is 12.8 Å². The largest absolute Gasteiger partial charge is 0.493 e. The highest BCUT2D eigenvalue weighted by Gasteiger charge is 2.16. The quantitative estimate of drug-likeness (QED) is 0.823. The van der Waals surface area contributed by atoms with Crippen molar-refractivity contribution in [3.8, 4) is 17.2 Å². The fourth-order valence-electron chi connectivity index (χ4n) is 2.36. The van der Waals surface area contributed by atoms with Crippen molar-refractivity contribution in [1.82, 2.24) is 5.32 Å². The van der Waals surface area contributed by atoms with Gasteiger partial charge in [0.1, 0.15) is 0 Å². The topological polar surface area (TPSA) is 51.8 Å². The minimum Gasteiger partial charge on any atom is -0.493 e. The maximum Gasteiger partial charge on any atom is 0.203 e. The molecule has 2 N–H and O–H groups in total. The maximum atomic E-state index is 5.33. The van der Waals surface area contributed by atoms with E-state index in [1.807, 2.05) is 12.1 Å². The summed E-state index contributed by atoms with van der Waals surface area (Å²) in [6.45, 7) is 2.01. The fraction of sp³-hybridized carbons (Fsp3) is 0.571. The lowest BCUT2D eigenvalue weighted by molar-refractivity contribution is 0.324. The molecule has 1 aromatic carbocycles. The molecule has 2 rings (SSSR count). The van der Waals surface area contributed by atoms with Crippen LogP contribution in [-0.4, -0.2) is 40.5 Å². The van der Waals surface area contributed by atoms with E-state index in [1.54, 1.807) is 21.3 Å². The van der Waals surface area contributed by atoms with Gasteiger partial charge in [-0.3, -0.25) is 0 Å². The highest BCUT2D eigenvalue weighted by atomic mass is 16.5. The van der Waals surface area contributed by atoms with E-state index in [2.05, 4.69) is 10.6 Å². The molecule has 106 valence electrons. The monoisotopic (exact) mass is 266 g/mol. The molecule has 0 aromatic heterocycles. The molecule has 1 aromatic rings. The van der Waals surface area contributed by atoms with Crippen LogP contribution >= 0.6 is 0 Å². The van der Waals surface area contributed by atoms with Crippen molar-refractivity contribution in [3.05, 3.63) is 12.1 Å². The molecule has 0 aliphatic carbocycles. The Kier molecular flexibility index (Phi) is 4.74. The second-order valence-corrected chi connectivity index (χ2v) is 4.59. The Hall–Kier alpha value is -1.62. The van der Waals surface area contributed by atoms with Gasteiger partial charge in [0.2, 0.25) is 5.75 Å². The van der Waals surface area contributed by atoms with Crippen molar-refractivity contribution >= 4 is 5.69 Å². The number of methoxy groups -OCH3 is 3. The summed E-state index contributed by atoms with van der Waals surface area (Å²) in [5, 5.41) is 6.87. The Bertz CT molecular complexity index is 392. The fourth-order valence-corrected chi connectivity index (χ4v) is 2.36. The Balaban J connectivity index is 2.11. The molecular formula is C14H22N2O3. The van der Waals surface area contributed by atoms with Gasteiger partial charge in [-0.1, -0.05) is 0 Å². The molecule has 0 bridgehead atoms. The highest BCUT2D eigenvalue weighted by Crippen LogP contribution is 2.39. The number of benzene rings is 1. The zero-order valence-electron chi connectivity index (χ0n) is 11.8. The van der Waals surface area contributed by atoms with E-state index in [4.69, 9.17) is 14.2 Å². The van der Waals surface area contributed by atoms with E-state index in [0.29, 0.717) is 23.3 Å². The number of ether oxygens (including phenoxy) is 3. The van der Waals surface area contributed by atoms with Crippen LogP contribution in [0.15, 0.2) is 12.1 Å². The molecule has 0 saturated carbocycles. The van der Waals surface area contributed by atoms with E-state index in [0.717, 1.165) is 18.8 Å². The first kappa shape index (κ1) is 13.8. The van der Waals surface area contributed by atoms with Gasteiger partial charge in [-0.05, 0) is 19.4 Å². The molecule has 1 heterocycles. The van der Waals surface area contributed by atoms with Crippen LogP contribution in [0.2, 0.25) is 0 Å². The predicted octanol–water partition coefficient (Wildman–Crippen LogP) is 1.88. The Morgan fingerprint density at radius 3 is 2.32 bits per heavy atom. The Morgan fingerprint density at radius 1 is 1.16 bits per heavy atom. The van der Waals surface area contributed by atoms with Crippen molar-refractivity contribution in [2.24, 2.45) is 0 Å². The van der Waals surface area contributed by atoms with Crippen molar-refractivity contribution < 1.29 is 14.2 Å². The highest BCUT2D eigenvalue weighted by molar-refractivity contribution is 5.62. The van der Waals surface area contributed by atoms with Crippen molar-refractivity contribution in [1.29, 1.82) is 0 Å². The van der Waals surface area contributed by atoms with Gasteiger partial charge in [-0.2, -0.15) is 0 Å². The summed E-state index contributed by atoms with van der Waals surface area (Å²) >= 11 is 0. The predicted molar refractivity (Wildman–Crippen MR) is 75.6 cm³/mol. The van der Waals surface area contributed by atoms with Crippen LogP contribution < -0.4 is 24.8 Å².